The van der Waals surface area contributed by atoms with Crippen molar-refractivity contribution in [2.24, 2.45) is 0 Å². The number of carbonyl (C=O) groups excluding carboxylic acids is 2. The second-order valence-corrected chi connectivity index (χ2v) is 9.90. The Balaban J connectivity index is 1.65. The van der Waals surface area contributed by atoms with E-state index in [0.29, 0.717) is 11.1 Å². The maximum Gasteiger partial charge on any atom is 0.339 e. The molecule has 1 aliphatic rings. The van der Waals surface area contributed by atoms with Crippen molar-refractivity contribution in [2.45, 2.75) is 11.0 Å². The predicted octanol–water partition coefficient (Wildman–Crippen LogP) is 4.14. The number of nitrogens with zero attached hydrogens (tertiary/aromatic N) is 1. The Kier molecular flexibility index (Phi) is 7.43. The van der Waals surface area contributed by atoms with Crippen LogP contribution in [0.25, 0.3) is 0 Å². The first-order valence-electron chi connectivity index (χ1n) is 10.6. The van der Waals surface area contributed by atoms with Gasteiger partial charge in [0.05, 0.1) is 23.8 Å². The lowest BCUT2D eigenvalue weighted by Gasteiger charge is -2.26. The van der Waals surface area contributed by atoms with Crippen LogP contribution in [0.15, 0.2) is 83.8 Å². The molecule has 176 valence electrons. The summed E-state index contributed by atoms with van der Waals surface area (Å²) in [5.41, 5.74) is 0.855. The monoisotopic (exact) mass is 499 g/mol. The standard InChI is InChI=1S/C25H22ClNO6S/c26-21-12-11-20(17-22(21)34(30,31)27-13-15-32-16-14-27)25(29)33-24(19-9-5-2-6-10-19)23(28)18-7-3-1-4-8-18/h1-12,17,24H,13-16H2. The van der Waals surface area contributed by atoms with Crippen molar-refractivity contribution in [3.8, 4) is 0 Å². The highest BCUT2D eigenvalue weighted by Gasteiger charge is 2.31. The third kappa shape index (κ3) is 5.20. The van der Waals surface area contributed by atoms with Gasteiger partial charge in [-0.05, 0) is 18.2 Å². The van der Waals surface area contributed by atoms with Gasteiger partial charge in [0.2, 0.25) is 15.8 Å². The SMILES string of the molecule is O=C(OC(C(=O)c1ccccc1)c1ccccc1)c1ccc(Cl)c(S(=O)(=O)N2CCOCC2)c1. The highest BCUT2D eigenvalue weighted by molar-refractivity contribution is 7.89. The molecule has 3 aromatic carbocycles. The summed E-state index contributed by atoms with van der Waals surface area (Å²) in [6.07, 6.45) is -1.20. The molecule has 1 saturated heterocycles. The lowest BCUT2D eigenvalue weighted by atomic mass is 10.00. The average molecular weight is 500 g/mol. The zero-order valence-electron chi connectivity index (χ0n) is 18.1. The van der Waals surface area contributed by atoms with Gasteiger partial charge in [0.15, 0.2) is 6.10 Å². The minimum atomic E-state index is -3.94. The van der Waals surface area contributed by atoms with Gasteiger partial charge in [-0.2, -0.15) is 4.31 Å². The summed E-state index contributed by atoms with van der Waals surface area (Å²) in [7, 11) is -3.94. The third-order valence-electron chi connectivity index (χ3n) is 5.38. The number of rotatable bonds is 7. The van der Waals surface area contributed by atoms with Crippen LogP contribution < -0.4 is 0 Å². The van der Waals surface area contributed by atoms with Crippen molar-refractivity contribution >= 4 is 33.4 Å². The Morgan fingerprint density at radius 2 is 1.50 bits per heavy atom. The average Bonchev–Trinajstić information content (AvgIpc) is 2.88. The zero-order chi connectivity index (χ0) is 24.1. The Morgan fingerprint density at radius 3 is 2.15 bits per heavy atom. The van der Waals surface area contributed by atoms with E-state index >= 15 is 0 Å². The molecule has 34 heavy (non-hydrogen) atoms. The molecule has 9 heteroatoms. The summed E-state index contributed by atoms with van der Waals surface area (Å²) in [6, 6.07) is 21.0. The second-order valence-electron chi connectivity index (χ2n) is 7.59. The molecule has 1 fully saturated rings. The van der Waals surface area contributed by atoms with Crippen LogP contribution in [0.5, 0.6) is 0 Å². The molecule has 1 unspecified atom stereocenters. The van der Waals surface area contributed by atoms with Crippen LogP contribution in [0.4, 0.5) is 0 Å². The molecule has 3 aromatic rings. The molecule has 4 rings (SSSR count). The number of morpholine rings is 1. The van der Waals surface area contributed by atoms with Crippen LogP contribution in [-0.2, 0) is 19.5 Å². The van der Waals surface area contributed by atoms with Crippen LogP contribution in [0.2, 0.25) is 5.02 Å². The van der Waals surface area contributed by atoms with Crippen LogP contribution in [0, 0.1) is 0 Å². The Hall–Kier alpha value is -3.04. The van der Waals surface area contributed by atoms with Gasteiger partial charge in [0.1, 0.15) is 4.90 Å². The molecular weight excluding hydrogens is 478 g/mol. The molecule has 0 saturated carbocycles. The Labute approximate surface area is 202 Å². The summed E-state index contributed by atoms with van der Waals surface area (Å²) in [6.45, 7) is 0.932. The number of sulfonamides is 1. The molecule has 0 aromatic heterocycles. The smallest absolute Gasteiger partial charge is 0.339 e. The quantitative estimate of drug-likeness (QED) is 0.358. The predicted molar refractivity (Wildman–Crippen MR) is 126 cm³/mol. The maximum atomic E-state index is 13.2. The fourth-order valence-corrected chi connectivity index (χ4v) is 5.49. The number of benzene rings is 3. The number of hydrogen-bond acceptors (Lipinski definition) is 6. The number of ketones is 1. The largest absolute Gasteiger partial charge is 0.445 e. The van der Waals surface area contributed by atoms with E-state index in [4.69, 9.17) is 21.1 Å². The third-order valence-corrected chi connectivity index (χ3v) is 7.76. The van der Waals surface area contributed by atoms with Crippen LogP contribution >= 0.6 is 11.6 Å². The molecule has 1 aliphatic heterocycles. The van der Waals surface area contributed by atoms with Crippen molar-refractivity contribution in [1.29, 1.82) is 0 Å². The van der Waals surface area contributed by atoms with Gasteiger partial charge in [-0.25, -0.2) is 13.2 Å². The van der Waals surface area contributed by atoms with Gasteiger partial charge < -0.3 is 9.47 Å². The number of ether oxygens (including phenoxy) is 2. The maximum absolute atomic E-state index is 13.2. The summed E-state index contributed by atoms with van der Waals surface area (Å²) < 4.78 is 38.3. The first-order chi connectivity index (χ1) is 16.4. The fraction of sp³-hybridized carbons (Fsp3) is 0.200. The molecule has 7 nitrogen and oxygen atoms in total. The fourth-order valence-electron chi connectivity index (χ4n) is 3.58. The van der Waals surface area contributed by atoms with Crippen molar-refractivity contribution in [2.75, 3.05) is 26.3 Å². The van der Waals surface area contributed by atoms with E-state index in [9.17, 15) is 18.0 Å². The van der Waals surface area contributed by atoms with Crippen LogP contribution in [0.1, 0.15) is 32.4 Å². The Bertz CT molecular complexity index is 1280. The van der Waals surface area contributed by atoms with E-state index in [1.54, 1.807) is 60.7 Å². The minimum absolute atomic E-state index is 0.0111. The van der Waals surface area contributed by atoms with Gasteiger partial charge in [0.25, 0.3) is 0 Å². The summed E-state index contributed by atoms with van der Waals surface area (Å²) in [4.78, 5) is 26.1. The summed E-state index contributed by atoms with van der Waals surface area (Å²) in [5, 5.41) is -0.0111. The number of halogens is 1. The summed E-state index contributed by atoms with van der Waals surface area (Å²) >= 11 is 6.19. The number of esters is 1. The topological polar surface area (TPSA) is 90.0 Å². The van der Waals surface area contributed by atoms with Crippen LogP contribution in [-0.4, -0.2) is 50.8 Å². The highest BCUT2D eigenvalue weighted by atomic mass is 35.5. The number of carbonyl (C=O) groups is 2. The molecule has 0 N–H and O–H groups in total. The molecule has 1 heterocycles. The first kappa shape index (κ1) is 24.1. The van der Waals surface area contributed by atoms with Crippen molar-refractivity contribution in [3.05, 3.63) is 101 Å². The second kappa shape index (κ2) is 10.5. The zero-order valence-corrected chi connectivity index (χ0v) is 19.7. The number of hydrogen-bond donors (Lipinski definition) is 0. The van der Waals surface area contributed by atoms with E-state index in [0.717, 1.165) is 0 Å². The highest BCUT2D eigenvalue weighted by Crippen LogP contribution is 2.29. The van der Waals surface area contributed by atoms with Crippen molar-refractivity contribution in [1.82, 2.24) is 4.31 Å². The molecule has 0 bridgehead atoms. The van der Waals surface area contributed by atoms with E-state index in [-0.39, 0.29) is 41.8 Å². The van der Waals surface area contributed by atoms with E-state index in [1.807, 2.05) is 0 Å². The van der Waals surface area contributed by atoms with Gasteiger partial charge in [0, 0.05) is 24.2 Å². The van der Waals surface area contributed by atoms with Gasteiger partial charge in [-0.1, -0.05) is 72.3 Å². The van der Waals surface area contributed by atoms with Gasteiger partial charge in [-0.3, -0.25) is 4.79 Å². The molecule has 0 amide bonds. The Morgan fingerprint density at radius 1 is 0.882 bits per heavy atom. The lowest BCUT2D eigenvalue weighted by molar-refractivity contribution is 0.0279. The molecule has 0 spiro atoms. The molecule has 0 aliphatic carbocycles. The normalized spacial score (nSPS) is 15.4. The number of Topliss-reactive ketones (excluding diaryl/α,β-unsaturated/α-hetero) is 1. The first-order valence-corrected chi connectivity index (χ1v) is 12.4. The molecule has 0 radical (unpaired) electrons. The molecular formula is C25H22ClNO6S. The van der Waals surface area contributed by atoms with Crippen molar-refractivity contribution in [3.63, 3.8) is 0 Å². The van der Waals surface area contributed by atoms with E-state index in [1.165, 1.54) is 22.5 Å². The van der Waals surface area contributed by atoms with Gasteiger partial charge in [-0.15, -0.1) is 0 Å². The minimum Gasteiger partial charge on any atom is -0.445 e. The van der Waals surface area contributed by atoms with Crippen LogP contribution in [0.3, 0.4) is 0 Å². The van der Waals surface area contributed by atoms with E-state index < -0.39 is 27.9 Å². The summed E-state index contributed by atoms with van der Waals surface area (Å²) in [5.74, 6) is -1.23. The van der Waals surface area contributed by atoms with Gasteiger partial charge >= 0.3 is 5.97 Å². The van der Waals surface area contributed by atoms with E-state index in [2.05, 4.69) is 0 Å². The van der Waals surface area contributed by atoms with Crippen molar-refractivity contribution < 1.29 is 27.5 Å². The molecule has 1 atom stereocenters. The lowest BCUT2D eigenvalue weighted by Crippen LogP contribution is -2.40.